The molecule has 4 nitrogen and oxygen atoms in total. The minimum Gasteiger partial charge on any atom is -0.372 e. The monoisotopic (exact) mass is 317 g/mol. The molecule has 0 aromatic carbocycles. The first-order chi connectivity index (χ1) is 9.36. The number of nitrogens with zero attached hydrogens (tertiary/aromatic N) is 1. The van der Waals surface area contributed by atoms with Gasteiger partial charge < -0.3 is 13.3 Å². The SMILES string of the molecule is c1cc(SCC[Si]23OCCN(CCO2)CCO3)cs1. The van der Waals surface area contributed by atoms with Crippen molar-refractivity contribution in [3.8, 4) is 0 Å². The lowest BCUT2D eigenvalue weighted by Crippen LogP contribution is -2.55. The summed E-state index contributed by atoms with van der Waals surface area (Å²) in [4.78, 5) is 3.68. The van der Waals surface area contributed by atoms with Crippen molar-refractivity contribution in [1.29, 1.82) is 0 Å². The van der Waals surface area contributed by atoms with Crippen molar-refractivity contribution in [2.45, 2.75) is 10.9 Å². The van der Waals surface area contributed by atoms with E-state index in [-0.39, 0.29) is 0 Å². The van der Waals surface area contributed by atoms with Gasteiger partial charge in [-0.15, -0.1) is 11.8 Å². The second-order valence-electron chi connectivity index (χ2n) is 4.63. The van der Waals surface area contributed by atoms with Gasteiger partial charge in [-0.3, -0.25) is 4.90 Å². The number of thiophene rings is 1. The summed E-state index contributed by atoms with van der Waals surface area (Å²) in [7, 11) is -2.40. The van der Waals surface area contributed by atoms with Crippen LogP contribution in [0.3, 0.4) is 0 Å². The average Bonchev–Trinajstić information content (AvgIpc) is 2.82. The van der Waals surface area contributed by atoms with E-state index in [1.165, 1.54) is 4.90 Å². The van der Waals surface area contributed by atoms with Crippen molar-refractivity contribution in [3.63, 3.8) is 0 Å². The fourth-order valence-electron chi connectivity index (χ4n) is 2.30. The van der Waals surface area contributed by atoms with E-state index in [0.717, 1.165) is 51.3 Å². The van der Waals surface area contributed by atoms with Gasteiger partial charge in [0.15, 0.2) is 0 Å². The molecule has 4 rings (SSSR count). The summed E-state index contributed by atoms with van der Waals surface area (Å²) < 4.78 is 18.0. The highest BCUT2D eigenvalue weighted by Crippen LogP contribution is 2.27. The zero-order valence-electron chi connectivity index (χ0n) is 10.9. The molecule has 0 aliphatic carbocycles. The first kappa shape index (κ1) is 14.1. The van der Waals surface area contributed by atoms with Gasteiger partial charge in [0.05, 0.1) is 19.8 Å². The summed E-state index contributed by atoms with van der Waals surface area (Å²) in [6.07, 6.45) is 0. The van der Waals surface area contributed by atoms with Gasteiger partial charge in [-0.25, -0.2) is 0 Å². The molecule has 3 aliphatic rings. The standard InChI is InChI=1S/C12H19NO3S2Si/c1-8-17-11-12(1)18-9-10-19-14-5-2-13(3-6-15-19)4-7-16-19/h1,8,11H,2-7,9-10H2. The van der Waals surface area contributed by atoms with Crippen LogP contribution >= 0.6 is 23.1 Å². The topological polar surface area (TPSA) is 30.9 Å². The van der Waals surface area contributed by atoms with Gasteiger partial charge in [0.25, 0.3) is 0 Å². The zero-order valence-corrected chi connectivity index (χ0v) is 13.5. The summed E-state index contributed by atoms with van der Waals surface area (Å²) in [5, 5.41) is 4.29. The maximum atomic E-state index is 6.00. The van der Waals surface area contributed by atoms with E-state index in [4.69, 9.17) is 13.3 Å². The second kappa shape index (κ2) is 6.71. The molecular weight excluding hydrogens is 298 g/mol. The lowest BCUT2D eigenvalue weighted by atomic mass is 10.4. The molecule has 1 aromatic rings. The van der Waals surface area contributed by atoms with Crippen LogP contribution in [-0.2, 0) is 13.3 Å². The van der Waals surface area contributed by atoms with Gasteiger partial charge in [-0.05, 0) is 11.4 Å². The first-order valence-electron chi connectivity index (χ1n) is 6.66. The molecule has 3 saturated heterocycles. The molecule has 3 aliphatic heterocycles. The van der Waals surface area contributed by atoms with Crippen molar-refractivity contribution in [2.24, 2.45) is 0 Å². The van der Waals surface area contributed by atoms with Crippen molar-refractivity contribution >= 4 is 31.9 Å². The van der Waals surface area contributed by atoms with Crippen LogP contribution in [0.15, 0.2) is 21.7 Å². The van der Waals surface area contributed by atoms with Crippen LogP contribution in [0.25, 0.3) is 0 Å². The van der Waals surface area contributed by atoms with Crippen LogP contribution in [-0.4, -0.2) is 58.9 Å². The van der Waals surface area contributed by atoms with Crippen molar-refractivity contribution in [3.05, 3.63) is 16.8 Å². The molecule has 1 aromatic heterocycles. The molecule has 3 fully saturated rings. The van der Waals surface area contributed by atoms with E-state index in [2.05, 4.69) is 21.7 Å². The molecule has 7 heteroatoms. The summed E-state index contributed by atoms with van der Waals surface area (Å²) in [6, 6.07) is 3.07. The Morgan fingerprint density at radius 2 is 1.84 bits per heavy atom. The molecule has 0 atom stereocenters. The maximum absolute atomic E-state index is 6.00. The summed E-state index contributed by atoms with van der Waals surface area (Å²) >= 11 is 3.60. The van der Waals surface area contributed by atoms with E-state index in [9.17, 15) is 0 Å². The molecule has 0 N–H and O–H groups in total. The summed E-state index contributed by atoms with van der Waals surface area (Å²) in [5.74, 6) is 1.01. The molecule has 4 heterocycles. The number of hydrogen-bond donors (Lipinski definition) is 0. The Balaban J connectivity index is 1.56. The summed E-state index contributed by atoms with van der Waals surface area (Å²) in [5.41, 5.74) is 0. The Hall–Kier alpha value is 0.107. The van der Waals surface area contributed by atoms with E-state index in [0.29, 0.717) is 0 Å². The average molecular weight is 318 g/mol. The highest BCUT2D eigenvalue weighted by molar-refractivity contribution is 7.99. The molecule has 0 amide bonds. The highest BCUT2D eigenvalue weighted by Gasteiger charge is 2.43. The largest absolute Gasteiger partial charge is 0.501 e. The highest BCUT2D eigenvalue weighted by atomic mass is 32.2. The second-order valence-corrected chi connectivity index (χ2v) is 9.31. The number of hydrogen-bond acceptors (Lipinski definition) is 6. The third kappa shape index (κ3) is 3.81. The molecule has 0 saturated carbocycles. The smallest absolute Gasteiger partial charge is 0.372 e. The fraction of sp³-hybridized carbons (Fsp3) is 0.667. The molecule has 106 valence electrons. The van der Waals surface area contributed by atoms with Crippen LogP contribution in [0.2, 0.25) is 6.04 Å². The molecule has 0 unspecified atom stereocenters. The Kier molecular flexibility index (Phi) is 4.96. The van der Waals surface area contributed by atoms with Crippen molar-refractivity contribution in [1.82, 2.24) is 4.90 Å². The minimum absolute atomic E-state index is 0.745. The number of fused-ring (bicyclic) bond motifs is 6. The van der Waals surface area contributed by atoms with Gasteiger partial charge in [0, 0.05) is 41.7 Å². The zero-order chi connectivity index (χ0) is 13.0. The fourth-order valence-corrected chi connectivity index (χ4v) is 7.04. The van der Waals surface area contributed by atoms with Gasteiger partial charge in [-0.1, -0.05) is 0 Å². The lowest BCUT2D eigenvalue weighted by Gasteiger charge is -2.38. The quantitative estimate of drug-likeness (QED) is 0.627. The van der Waals surface area contributed by atoms with Crippen LogP contribution in [0.5, 0.6) is 0 Å². The molecule has 19 heavy (non-hydrogen) atoms. The minimum atomic E-state index is -2.40. The van der Waals surface area contributed by atoms with E-state index >= 15 is 0 Å². The van der Waals surface area contributed by atoms with Crippen LogP contribution in [0.4, 0.5) is 0 Å². The number of rotatable bonds is 4. The van der Waals surface area contributed by atoms with Gasteiger partial charge in [0.1, 0.15) is 0 Å². The Labute approximate surface area is 123 Å². The van der Waals surface area contributed by atoms with E-state index in [1.54, 1.807) is 11.3 Å². The summed E-state index contributed by atoms with van der Waals surface area (Å²) in [6.45, 7) is 5.28. The Morgan fingerprint density at radius 3 is 2.42 bits per heavy atom. The van der Waals surface area contributed by atoms with Crippen molar-refractivity contribution in [2.75, 3.05) is 45.2 Å². The molecule has 0 spiro atoms. The third-order valence-corrected chi connectivity index (χ3v) is 8.35. The molecule has 2 bridgehead atoms. The lowest BCUT2D eigenvalue weighted by molar-refractivity contribution is -0.00730. The van der Waals surface area contributed by atoms with E-state index < -0.39 is 8.80 Å². The molecular formula is C12H19NO3S2Si. The predicted molar refractivity (Wildman–Crippen MR) is 79.9 cm³/mol. The van der Waals surface area contributed by atoms with Gasteiger partial charge in [-0.2, -0.15) is 11.3 Å². The Bertz CT molecular complexity index is 364. The number of thioether (sulfide) groups is 1. The predicted octanol–water partition coefficient (Wildman–Crippen LogP) is 2.16. The first-order valence-corrected chi connectivity index (χ1v) is 10.5. The van der Waals surface area contributed by atoms with Crippen LogP contribution < -0.4 is 0 Å². The van der Waals surface area contributed by atoms with Crippen LogP contribution in [0.1, 0.15) is 0 Å². The van der Waals surface area contributed by atoms with Gasteiger partial charge in [0.2, 0.25) is 0 Å². The van der Waals surface area contributed by atoms with Gasteiger partial charge >= 0.3 is 8.80 Å². The van der Waals surface area contributed by atoms with E-state index in [1.807, 2.05) is 11.8 Å². The third-order valence-electron chi connectivity index (χ3n) is 3.36. The van der Waals surface area contributed by atoms with Crippen LogP contribution in [0, 0.1) is 0 Å². The normalized spacial score (nSPS) is 31.7. The molecule has 0 radical (unpaired) electrons. The maximum Gasteiger partial charge on any atom is 0.501 e. The van der Waals surface area contributed by atoms with Crippen molar-refractivity contribution < 1.29 is 13.3 Å². The Morgan fingerprint density at radius 1 is 1.16 bits per heavy atom.